The zero-order valence-electron chi connectivity index (χ0n) is 9.73. The van der Waals surface area contributed by atoms with Crippen molar-refractivity contribution in [3.8, 4) is 5.88 Å². The first-order chi connectivity index (χ1) is 7.17. The van der Waals surface area contributed by atoms with E-state index in [1.54, 1.807) is 10.7 Å². The Bertz CT molecular complexity index is 299. The van der Waals surface area contributed by atoms with E-state index in [-0.39, 0.29) is 5.88 Å². The summed E-state index contributed by atoms with van der Waals surface area (Å²) in [5, 5.41) is 14.6. The highest BCUT2D eigenvalue weighted by molar-refractivity contribution is 7.99. The summed E-state index contributed by atoms with van der Waals surface area (Å²) in [5.74, 6) is 1.18. The molecular weight excluding hydrogens is 208 g/mol. The molecule has 1 N–H and O–H groups in total. The lowest BCUT2D eigenvalue weighted by Crippen LogP contribution is -1.99. The number of nitrogens with zero attached hydrogens (tertiary/aromatic N) is 2. The average molecular weight is 228 g/mol. The van der Waals surface area contributed by atoms with E-state index in [0.717, 1.165) is 24.4 Å². The number of thioether (sulfide) groups is 1. The molecule has 0 aliphatic carbocycles. The van der Waals surface area contributed by atoms with E-state index < -0.39 is 0 Å². The van der Waals surface area contributed by atoms with Crippen LogP contribution < -0.4 is 0 Å². The number of aromatic hydroxyl groups is 1. The number of rotatable bonds is 6. The van der Waals surface area contributed by atoms with Crippen molar-refractivity contribution in [2.24, 2.45) is 0 Å². The molecule has 4 heteroatoms. The lowest BCUT2D eigenvalue weighted by atomic mass is 10.4. The molecule has 0 aliphatic rings. The summed E-state index contributed by atoms with van der Waals surface area (Å²) in [6.45, 7) is 7.27. The molecule has 1 rings (SSSR count). The molecule has 0 saturated carbocycles. The third-order valence-electron chi connectivity index (χ3n) is 2.34. The van der Waals surface area contributed by atoms with Crippen LogP contribution in [0.15, 0.2) is 6.07 Å². The fourth-order valence-corrected chi connectivity index (χ4v) is 2.08. The maximum atomic E-state index is 9.58. The molecule has 1 heterocycles. The predicted octanol–water partition coefficient (Wildman–Crippen LogP) is 3.03. The fourth-order valence-electron chi connectivity index (χ4n) is 1.25. The van der Waals surface area contributed by atoms with Crippen molar-refractivity contribution in [2.45, 2.75) is 51.2 Å². The molecule has 1 aromatic heterocycles. The Morgan fingerprint density at radius 1 is 1.53 bits per heavy atom. The van der Waals surface area contributed by atoms with E-state index in [4.69, 9.17) is 0 Å². The van der Waals surface area contributed by atoms with Gasteiger partial charge in [0.25, 0.3) is 0 Å². The van der Waals surface area contributed by atoms with Gasteiger partial charge in [-0.25, -0.2) is 4.68 Å². The van der Waals surface area contributed by atoms with Gasteiger partial charge in [-0.3, -0.25) is 0 Å². The zero-order valence-corrected chi connectivity index (χ0v) is 10.5. The Balaban J connectivity index is 2.51. The molecule has 0 aromatic carbocycles. The van der Waals surface area contributed by atoms with Gasteiger partial charge in [-0.05, 0) is 12.8 Å². The molecule has 0 spiro atoms. The van der Waals surface area contributed by atoms with Gasteiger partial charge in [0, 0.05) is 23.6 Å². The lowest BCUT2D eigenvalue weighted by molar-refractivity contribution is 0.397. The van der Waals surface area contributed by atoms with Crippen LogP contribution in [-0.2, 0) is 12.3 Å². The second kappa shape index (κ2) is 6.05. The van der Waals surface area contributed by atoms with Crippen molar-refractivity contribution in [1.82, 2.24) is 9.78 Å². The van der Waals surface area contributed by atoms with Crippen molar-refractivity contribution in [3.05, 3.63) is 11.8 Å². The van der Waals surface area contributed by atoms with Crippen LogP contribution in [0.1, 0.15) is 39.3 Å². The van der Waals surface area contributed by atoms with Crippen LogP contribution in [0.2, 0.25) is 0 Å². The van der Waals surface area contributed by atoms with Gasteiger partial charge in [0.05, 0.1) is 5.69 Å². The van der Waals surface area contributed by atoms with Crippen molar-refractivity contribution in [2.75, 3.05) is 0 Å². The monoisotopic (exact) mass is 228 g/mol. The second-order valence-electron chi connectivity index (χ2n) is 3.75. The molecule has 15 heavy (non-hydrogen) atoms. The van der Waals surface area contributed by atoms with Gasteiger partial charge in [0.2, 0.25) is 5.88 Å². The number of aryl methyl sites for hydroxylation is 1. The SMILES string of the molecule is CCCn1nc(CSC(C)CC)cc1O. The van der Waals surface area contributed by atoms with Crippen LogP contribution in [0.4, 0.5) is 0 Å². The van der Waals surface area contributed by atoms with Crippen LogP contribution in [0.3, 0.4) is 0 Å². The molecule has 0 amide bonds. The van der Waals surface area contributed by atoms with E-state index >= 15 is 0 Å². The van der Waals surface area contributed by atoms with Crippen molar-refractivity contribution in [3.63, 3.8) is 0 Å². The smallest absolute Gasteiger partial charge is 0.209 e. The van der Waals surface area contributed by atoms with Crippen LogP contribution in [0.5, 0.6) is 5.88 Å². The molecule has 0 bridgehead atoms. The molecule has 1 unspecified atom stereocenters. The van der Waals surface area contributed by atoms with Crippen LogP contribution >= 0.6 is 11.8 Å². The number of aromatic nitrogens is 2. The molecule has 0 saturated heterocycles. The molecule has 0 aliphatic heterocycles. The third-order valence-corrected chi connectivity index (χ3v) is 3.70. The molecule has 86 valence electrons. The minimum Gasteiger partial charge on any atom is -0.493 e. The largest absolute Gasteiger partial charge is 0.493 e. The Labute approximate surface area is 95.9 Å². The van der Waals surface area contributed by atoms with Gasteiger partial charge in [0.15, 0.2) is 0 Å². The van der Waals surface area contributed by atoms with Gasteiger partial charge in [-0.15, -0.1) is 0 Å². The average Bonchev–Trinajstić information content (AvgIpc) is 2.57. The molecule has 1 atom stereocenters. The predicted molar refractivity (Wildman–Crippen MR) is 65.2 cm³/mol. The highest BCUT2D eigenvalue weighted by Crippen LogP contribution is 2.21. The van der Waals surface area contributed by atoms with Gasteiger partial charge in [-0.1, -0.05) is 20.8 Å². The van der Waals surface area contributed by atoms with Gasteiger partial charge < -0.3 is 5.11 Å². The molecule has 3 nitrogen and oxygen atoms in total. The zero-order chi connectivity index (χ0) is 11.3. The number of hydrogen-bond acceptors (Lipinski definition) is 3. The molecule has 1 aromatic rings. The van der Waals surface area contributed by atoms with Gasteiger partial charge >= 0.3 is 0 Å². The fraction of sp³-hybridized carbons (Fsp3) is 0.727. The van der Waals surface area contributed by atoms with Crippen molar-refractivity contribution >= 4 is 11.8 Å². The third kappa shape index (κ3) is 3.78. The summed E-state index contributed by atoms with van der Waals surface area (Å²) in [5.41, 5.74) is 0.978. The summed E-state index contributed by atoms with van der Waals surface area (Å²) in [6, 6.07) is 1.77. The van der Waals surface area contributed by atoms with Crippen LogP contribution in [0, 0.1) is 0 Å². The van der Waals surface area contributed by atoms with E-state index in [0.29, 0.717) is 5.25 Å². The van der Waals surface area contributed by atoms with E-state index in [1.807, 2.05) is 11.8 Å². The standard InChI is InChI=1S/C11H20N2OS/c1-4-6-13-11(14)7-10(12-13)8-15-9(3)5-2/h7,9,14H,4-6,8H2,1-3H3. The Hall–Kier alpha value is -0.640. The minimum atomic E-state index is 0.289. The highest BCUT2D eigenvalue weighted by atomic mass is 32.2. The van der Waals surface area contributed by atoms with E-state index in [2.05, 4.69) is 25.9 Å². The van der Waals surface area contributed by atoms with Crippen LogP contribution in [0.25, 0.3) is 0 Å². The topological polar surface area (TPSA) is 38.0 Å². The van der Waals surface area contributed by atoms with Crippen LogP contribution in [-0.4, -0.2) is 20.1 Å². The summed E-state index contributed by atoms with van der Waals surface area (Å²) < 4.78 is 1.67. The Kier molecular flexibility index (Phi) is 5.02. The Morgan fingerprint density at radius 3 is 2.87 bits per heavy atom. The minimum absolute atomic E-state index is 0.289. The summed E-state index contributed by atoms with van der Waals surface area (Å²) in [6.07, 6.45) is 2.17. The first-order valence-corrected chi connectivity index (χ1v) is 6.59. The first-order valence-electron chi connectivity index (χ1n) is 5.54. The lowest BCUT2D eigenvalue weighted by Gasteiger charge is -2.05. The molecular formula is C11H20N2OS. The van der Waals surface area contributed by atoms with Crippen molar-refractivity contribution < 1.29 is 5.11 Å². The maximum Gasteiger partial charge on any atom is 0.209 e. The maximum absolute atomic E-state index is 9.58. The van der Waals surface area contributed by atoms with Gasteiger partial charge in [-0.2, -0.15) is 16.9 Å². The molecule has 0 fully saturated rings. The van der Waals surface area contributed by atoms with Crippen molar-refractivity contribution in [1.29, 1.82) is 0 Å². The summed E-state index contributed by atoms with van der Waals surface area (Å²) >= 11 is 1.88. The molecule has 0 radical (unpaired) electrons. The Morgan fingerprint density at radius 2 is 2.27 bits per heavy atom. The first kappa shape index (κ1) is 12.4. The number of hydrogen-bond donors (Lipinski definition) is 1. The highest BCUT2D eigenvalue weighted by Gasteiger charge is 2.07. The second-order valence-corrected chi connectivity index (χ2v) is 5.17. The van der Waals surface area contributed by atoms with E-state index in [9.17, 15) is 5.11 Å². The summed E-state index contributed by atoms with van der Waals surface area (Å²) in [7, 11) is 0. The van der Waals surface area contributed by atoms with E-state index in [1.165, 1.54) is 6.42 Å². The summed E-state index contributed by atoms with van der Waals surface area (Å²) in [4.78, 5) is 0. The van der Waals surface area contributed by atoms with Gasteiger partial charge in [0.1, 0.15) is 0 Å². The quantitative estimate of drug-likeness (QED) is 0.813. The normalized spacial score (nSPS) is 13.0.